The van der Waals surface area contributed by atoms with Crippen molar-refractivity contribution >= 4 is 11.6 Å². The quantitative estimate of drug-likeness (QED) is 0.635. The van der Waals surface area contributed by atoms with Gasteiger partial charge in [-0.25, -0.2) is 5.43 Å². The van der Waals surface area contributed by atoms with Crippen LogP contribution in [0.1, 0.15) is 37.8 Å². The van der Waals surface area contributed by atoms with E-state index in [9.17, 15) is 9.90 Å². The largest absolute Gasteiger partial charge is 0.372 e. The lowest BCUT2D eigenvalue weighted by molar-refractivity contribution is -0.136. The molecule has 0 spiro atoms. The zero-order chi connectivity index (χ0) is 16.7. The number of benzene rings is 2. The van der Waals surface area contributed by atoms with Crippen LogP contribution in [0.4, 0.5) is 0 Å². The Kier molecular flexibility index (Phi) is 5.66. The second kappa shape index (κ2) is 7.70. The molecule has 23 heavy (non-hydrogen) atoms. The van der Waals surface area contributed by atoms with E-state index >= 15 is 0 Å². The van der Waals surface area contributed by atoms with Crippen LogP contribution in [0.5, 0.6) is 0 Å². The summed E-state index contributed by atoms with van der Waals surface area (Å²) in [4.78, 5) is 12.7. The predicted octanol–water partition coefficient (Wildman–Crippen LogP) is 3.21. The van der Waals surface area contributed by atoms with Crippen LogP contribution in [0.15, 0.2) is 65.8 Å². The molecule has 120 valence electrons. The molecular formula is C19H22N2O2. The van der Waals surface area contributed by atoms with Crippen molar-refractivity contribution < 1.29 is 9.90 Å². The Balaban J connectivity index is 2.39. The van der Waals surface area contributed by atoms with Gasteiger partial charge in [0.1, 0.15) is 0 Å². The standard InChI is InChI=1S/C19H22N2O2/c1-3-10-15(2)20-21-18(22)19(23,16-11-6-4-7-12-16)17-13-8-5-9-14-17/h4-9,11-14,23H,3,10H2,1-2H3,(H,21,22)/b20-15+. The normalized spacial score (nSPS) is 12.0. The van der Waals surface area contributed by atoms with E-state index in [4.69, 9.17) is 0 Å². The summed E-state index contributed by atoms with van der Waals surface area (Å²) in [5.74, 6) is -0.564. The fraction of sp³-hybridized carbons (Fsp3) is 0.263. The molecule has 0 aliphatic heterocycles. The zero-order valence-corrected chi connectivity index (χ0v) is 13.5. The van der Waals surface area contributed by atoms with Crippen LogP contribution >= 0.6 is 0 Å². The average molecular weight is 310 g/mol. The molecule has 0 radical (unpaired) electrons. The lowest BCUT2D eigenvalue weighted by Crippen LogP contribution is -2.43. The fourth-order valence-electron chi connectivity index (χ4n) is 2.43. The van der Waals surface area contributed by atoms with Crippen molar-refractivity contribution in [1.29, 1.82) is 0 Å². The second-order valence-electron chi connectivity index (χ2n) is 5.48. The highest BCUT2D eigenvalue weighted by Gasteiger charge is 2.39. The first-order valence-electron chi connectivity index (χ1n) is 7.76. The van der Waals surface area contributed by atoms with Gasteiger partial charge in [-0.2, -0.15) is 5.10 Å². The van der Waals surface area contributed by atoms with E-state index in [1.54, 1.807) is 48.5 Å². The van der Waals surface area contributed by atoms with Gasteiger partial charge in [-0.1, -0.05) is 74.0 Å². The van der Waals surface area contributed by atoms with Crippen LogP contribution in [0.3, 0.4) is 0 Å². The molecule has 2 aromatic carbocycles. The van der Waals surface area contributed by atoms with Crippen LogP contribution in [0.25, 0.3) is 0 Å². The topological polar surface area (TPSA) is 61.7 Å². The third kappa shape index (κ3) is 3.85. The highest BCUT2D eigenvalue weighted by atomic mass is 16.3. The Hall–Kier alpha value is -2.46. The Morgan fingerprint density at radius 2 is 1.52 bits per heavy atom. The number of rotatable bonds is 6. The van der Waals surface area contributed by atoms with E-state index in [0.717, 1.165) is 18.6 Å². The summed E-state index contributed by atoms with van der Waals surface area (Å²) < 4.78 is 0. The molecule has 0 saturated heterocycles. The molecule has 0 saturated carbocycles. The summed E-state index contributed by atoms with van der Waals surface area (Å²) in [5.41, 5.74) is 2.56. The molecule has 2 N–H and O–H groups in total. The smallest absolute Gasteiger partial charge is 0.281 e. The molecule has 0 fully saturated rings. The third-order valence-electron chi connectivity index (χ3n) is 3.67. The molecule has 1 amide bonds. The van der Waals surface area contributed by atoms with Crippen molar-refractivity contribution in [3.8, 4) is 0 Å². The van der Waals surface area contributed by atoms with Crippen molar-refractivity contribution in [2.24, 2.45) is 5.10 Å². The van der Waals surface area contributed by atoms with Gasteiger partial charge in [-0.3, -0.25) is 4.79 Å². The summed E-state index contributed by atoms with van der Waals surface area (Å²) in [6.45, 7) is 3.90. The Bertz CT molecular complexity index is 627. The summed E-state index contributed by atoms with van der Waals surface area (Å²) in [7, 11) is 0. The van der Waals surface area contributed by atoms with Gasteiger partial charge in [0.2, 0.25) is 0 Å². The second-order valence-corrected chi connectivity index (χ2v) is 5.48. The molecule has 4 nitrogen and oxygen atoms in total. The number of hydrazone groups is 1. The van der Waals surface area contributed by atoms with Crippen molar-refractivity contribution in [3.05, 3.63) is 71.8 Å². The number of carbonyl (C=O) groups excluding carboxylic acids is 1. The maximum Gasteiger partial charge on any atom is 0.281 e. The fourth-order valence-corrected chi connectivity index (χ4v) is 2.43. The van der Waals surface area contributed by atoms with Gasteiger partial charge in [0.15, 0.2) is 5.60 Å². The lowest BCUT2D eigenvalue weighted by atomic mass is 9.85. The van der Waals surface area contributed by atoms with Gasteiger partial charge < -0.3 is 5.11 Å². The third-order valence-corrected chi connectivity index (χ3v) is 3.67. The van der Waals surface area contributed by atoms with E-state index in [-0.39, 0.29) is 0 Å². The molecule has 4 heteroatoms. The number of nitrogens with zero attached hydrogens (tertiary/aromatic N) is 1. The molecule has 0 aromatic heterocycles. The van der Waals surface area contributed by atoms with Crippen molar-refractivity contribution in [2.45, 2.75) is 32.3 Å². The molecule has 0 heterocycles. The number of amides is 1. The minimum atomic E-state index is -1.78. The molecule has 2 rings (SSSR count). The SMILES string of the molecule is CCC/C(C)=N/NC(=O)C(O)(c1ccccc1)c1ccccc1. The van der Waals surface area contributed by atoms with Crippen LogP contribution in [-0.2, 0) is 10.4 Å². The van der Waals surface area contributed by atoms with Gasteiger partial charge in [0.25, 0.3) is 5.91 Å². The van der Waals surface area contributed by atoms with Gasteiger partial charge in [-0.15, -0.1) is 0 Å². The number of carbonyl (C=O) groups is 1. The van der Waals surface area contributed by atoms with Crippen molar-refractivity contribution in [2.75, 3.05) is 0 Å². The van der Waals surface area contributed by atoms with Crippen LogP contribution < -0.4 is 5.43 Å². The lowest BCUT2D eigenvalue weighted by Gasteiger charge is -2.27. The number of hydrogen-bond acceptors (Lipinski definition) is 3. The summed E-state index contributed by atoms with van der Waals surface area (Å²) in [5, 5.41) is 15.3. The van der Waals surface area contributed by atoms with E-state index < -0.39 is 11.5 Å². The summed E-state index contributed by atoms with van der Waals surface area (Å²) >= 11 is 0. The van der Waals surface area contributed by atoms with Gasteiger partial charge in [0.05, 0.1) is 0 Å². The highest BCUT2D eigenvalue weighted by Crippen LogP contribution is 2.29. The monoisotopic (exact) mass is 310 g/mol. The minimum Gasteiger partial charge on any atom is -0.372 e. The van der Waals surface area contributed by atoms with E-state index in [1.165, 1.54) is 0 Å². The van der Waals surface area contributed by atoms with Crippen LogP contribution in [0, 0.1) is 0 Å². The molecule has 2 aromatic rings. The molecule has 0 unspecified atom stereocenters. The summed E-state index contributed by atoms with van der Waals surface area (Å²) in [6.07, 6.45) is 1.75. The molecule has 0 aliphatic rings. The molecule has 0 aliphatic carbocycles. The van der Waals surface area contributed by atoms with E-state index in [1.807, 2.05) is 26.0 Å². The van der Waals surface area contributed by atoms with Gasteiger partial charge in [0, 0.05) is 5.71 Å². The Morgan fingerprint density at radius 1 is 1.04 bits per heavy atom. The number of aliphatic hydroxyl groups is 1. The maximum atomic E-state index is 12.7. The number of nitrogens with one attached hydrogen (secondary N) is 1. The molecule has 0 atom stereocenters. The Labute approximate surface area is 136 Å². The van der Waals surface area contributed by atoms with Crippen molar-refractivity contribution in [1.82, 2.24) is 5.43 Å². The zero-order valence-electron chi connectivity index (χ0n) is 13.5. The average Bonchev–Trinajstić information content (AvgIpc) is 2.60. The van der Waals surface area contributed by atoms with E-state index in [0.29, 0.717) is 11.1 Å². The Morgan fingerprint density at radius 3 is 1.96 bits per heavy atom. The highest BCUT2D eigenvalue weighted by molar-refractivity contribution is 5.91. The van der Waals surface area contributed by atoms with Crippen LogP contribution in [-0.4, -0.2) is 16.7 Å². The predicted molar refractivity (Wildman–Crippen MR) is 92.0 cm³/mol. The maximum absolute atomic E-state index is 12.7. The number of hydrogen-bond donors (Lipinski definition) is 2. The van der Waals surface area contributed by atoms with Crippen LogP contribution in [0.2, 0.25) is 0 Å². The molecular weight excluding hydrogens is 288 g/mol. The first kappa shape index (κ1) is 16.9. The first-order chi connectivity index (χ1) is 11.1. The minimum absolute atomic E-state index is 0.507. The first-order valence-corrected chi connectivity index (χ1v) is 7.76. The summed E-state index contributed by atoms with van der Waals surface area (Å²) in [6, 6.07) is 17.8. The van der Waals surface area contributed by atoms with Crippen molar-refractivity contribution in [3.63, 3.8) is 0 Å². The molecule has 0 bridgehead atoms. The van der Waals surface area contributed by atoms with E-state index in [2.05, 4.69) is 10.5 Å². The van der Waals surface area contributed by atoms with Gasteiger partial charge in [-0.05, 0) is 24.5 Å². The van der Waals surface area contributed by atoms with Gasteiger partial charge >= 0.3 is 0 Å².